The molecule has 2 heterocycles. The lowest BCUT2D eigenvalue weighted by Gasteiger charge is -2.17. The normalized spacial score (nSPS) is 14.6. The molecule has 2 aromatic rings. The summed E-state index contributed by atoms with van der Waals surface area (Å²) in [6.07, 6.45) is 6.26. The molecule has 1 fully saturated rings. The lowest BCUT2D eigenvalue weighted by Crippen LogP contribution is -2.17. The molecule has 0 saturated carbocycles. The van der Waals surface area contributed by atoms with Crippen molar-refractivity contribution in [1.82, 2.24) is 4.98 Å². The molecule has 0 aliphatic carbocycles. The molecule has 1 aliphatic heterocycles. The molecule has 98 valence electrons. The van der Waals surface area contributed by atoms with Crippen LogP contribution in [0.3, 0.4) is 0 Å². The van der Waals surface area contributed by atoms with Crippen LogP contribution in [0.2, 0.25) is 0 Å². The third kappa shape index (κ3) is 3.05. The average Bonchev–Trinajstić information content (AvgIpc) is 3.01. The molecule has 19 heavy (non-hydrogen) atoms. The molecule has 1 aliphatic rings. The van der Waals surface area contributed by atoms with Crippen molar-refractivity contribution in [3.8, 4) is 0 Å². The maximum absolute atomic E-state index is 4.01. The fourth-order valence-corrected chi connectivity index (χ4v) is 2.47. The average molecular weight is 253 g/mol. The summed E-state index contributed by atoms with van der Waals surface area (Å²) in [6.45, 7) is 3.26. The SMILES string of the molecule is c1cc(NCc2ccc(N3CCCC3)cc2)ccn1. The highest BCUT2D eigenvalue weighted by atomic mass is 15.1. The number of nitrogens with one attached hydrogen (secondary N) is 1. The van der Waals surface area contributed by atoms with Crippen molar-refractivity contribution < 1.29 is 0 Å². The van der Waals surface area contributed by atoms with Crippen molar-refractivity contribution in [2.75, 3.05) is 23.3 Å². The first-order valence-corrected chi connectivity index (χ1v) is 6.89. The van der Waals surface area contributed by atoms with Crippen LogP contribution >= 0.6 is 0 Å². The Morgan fingerprint density at radius 2 is 1.63 bits per heavy atom. The van der Waals surface area contributed by atoms with Crippen LogP contribution in [0.25, 0.3) is 0 Å². The minimum absolute atomic E-state index is 0.851. The molecule has 1 saturated heterocycles. The molecule has 0 amide bonds. The highest BCUT2D eigenvalue weighted by molar-refractivity contribution is 5.49. The van der Waals surface area contributed by atoms with E-state index < -0.39 is 0 Å². The van der Waals surface area contributed by atoms with Crippen LogP contribution in [-0.4, -0.2) is 18.1 Å². The lowest BCUT2D eigenvalue weighted by molar-refractivity contribution is 0.949. The Labute approximate surface area is 114 Å². The molecular weight excluding hydrogens is 234 g/mol. The number of anilines is 2. The molecule has 0 bridgehead atoms. The monoisotopic (exact) mass is 253 g/mol. The molecule has 1 aromatic heterocycles. The van der Waals surface area contributed by atoms with Crippen molar-refractivity contribution in [3.05, 3.63) is 54.4 Å². The van der Waals surface area contributed by atoms with E-state index in [4.69, 9.17) is 0 Å². The van der Waals surface area contributed by atoms with Gasteiger partial charge >= 0.3 is 0 Å². The number of pyridine rings is 1. The Morgan fingerprint density at radius 1 is 0.947 bits per heavy atom. The highest BCUT2D eigenvalue weighted by Gasteiger charge is 2.11. The highest BCUT2D eigenvalue weighted by Crippen LogP contribution is 2.20. The lowest BCUT2D eigenvalue weighted by atomic mass is 10.2. The van der Waals surface area contributed by atoms with Crippen LogP contribution in [0.5, 0.6) is 0 Å². The van der Waals surface area contributed by atoms with E-state index in [0.29, 0.717) is 0 Å². The van der Waals surface area contributed by atoms with E-state index in [-0.39, 0.29) is 0 Å². The van der Waals surface area contributed by atoms with Crippen LogP contribution in [0.15, 0.2) is 48.8 Å². The fraction of sp³-hybridized carbons (Fsp3) is 0.312. The Bertz CT molecular complexity index is 501. The van der Waals surface area contributed by atoms with E-state index in [9.17, 15) is 0 Å². The van der Waals surface area contributed by atoms with E-state index in [1.807, 2.05) is 12.1 Å². The van der Waals surface area contributed by atoms with Crippen LogP contribution in [-0.2, 0) is 6.54 Å². The van der Waals surface area contributed by atoms with Crippen LogP contribution in [0, 0.1) is 0 Å². The number of hydrogen-bond donors (Lipinski definition) is 1. The van der Waals surface area contributed by atoms with Crippen molar-refractivity contribution in [2.24, 2.45) is 0 Å². The standard InChI is InChI=1S/C16H19N3/c1-2-12-19(11-1)16-5-3-14(4-6-16)13-18-15-7-9-17-10-8-15/h3-10H,1-2,11-13H2,(H,17,18). The maximum atomic E-state index is 4.01. The van der Waals surface area contributed by atoms with E-state index in [1.54, 1.807) is 12.4 Å². The van der Waals surface area contributed by atoms with Gasteiger partial charge in [0.2, 0.25) is 0 Å². The zero-order chi connectivity index (χ0) is 12.9. The molecule has 0 atom stereocenters. The maximum Gasteiger partial charge on any atom is 0.0400 e. The molecular formula is C16H19N3. The van der Waals surface area contributed by atoms with E-state index in [1.165, 1.54) is 37.2 Å². The number of hydrogen-bond acceptors (Lipinski definition) is 3. The summed E-state index contributed by atoms with van der Waals surface area (Å²) in [5.41, 5.74) is 3.77. The Morgan fingerprint density at radius 3 is 2.32 bits per heavy atom. The van der Waals surface area contributed by atoms with Gasteiger partial charge in [0.15, 0.2) is 0 Å². The first kappa shape index (κ1) is 12.0. The number of rotatable bonds is 4. The zero-order valence-corrected chi connectivity index (χ0v) is 11.0. The minimum Gasteiger partial charge on any atom is -0.381 e. The first-order valence-electron chi connectivity index (χ1n) is 6.89. The van der Waals surface area contributed by atoms with Gasteiger partial charge in [-0.1, -0.05) is 12.1 Å². The summed E-state index contributed by atoms with van der Waals surface area (Å²) in [4.78, 5) is 6.47. The summed E-state index contributed by atoms with van der Waals surface area (Å²) < 4.78 is 0. The quantitative estimate of drug-likeness (QED) is 0.906. The van der Waals surface area contributed by atoms with Gasteiger partial charge in [0, 0.05) is 43.4 Å². The van der Waals surface area contributed by atoms with E-state index in [0.717, 1.165) is 12.2 Å². The van der Waals surface area contributed by atoms with Crippen LogP contribution < -0.4 is 10.2 Å². The van der Waals surface area contributed by atoms with Gasteiger partial charge in [-0.2, -0.15) is 0 Å². The van der Waals surface area contributed by atoms with Crippen molar-refractivity contribution in [2.45, 2.75) is 19.4 Å². The van der Waals surface area contributed by atoms with Crippen molar-refractivity contribution in [1.29, 1.82) is 0 Å². The van der Waals surface area contributed by atoms with Gasteiger partial charge in [0.05, 0.1) is 0 Å². The summed E-state index contributed by atoms with van der Waals surface area (Å²) in [5.74, 6) is 0. The Hall–Kier alpha value is -2.03. The molecule has 3 heteroatoms. The van der Waals surface area contributed by atoms with Crippen molar-refractivity contribution >= 4 is 11.4 Å². The molecule has 1 aromatic carbocycles. The summed E-state index contributed by atoms with van der Waals surface area (Å²) in [6, 6.07) is 12.9. The Balaban J connectivity index is 1.60. The van der Waals surface area contributed by atoms with Gasteiger partial charge in [-0.3, -0.25) is 4.98 Å². The zero-order valence-electron chi connectivity index (χ0n) is 11.0. The van der Waals surface area contributed by atoms with Gasteiger partial charge in [-0.25, -0.2) is 0 Å². The predicted octanol–water partition coefficient (Wildman–Crippen LogP) is 3.29. The van der Waals surface area contributed by atoms with Crippen LogP contribution in [0.4, 0.5) is 11.4 Å². The molecule has 0 radical (unpaired) electrons. The summed E-state index contributed by atoms with van der Waals surface area (Å²) >= 11 is 0. The van der Waals surface area contributed by atoms with Gasteiger partial charge in [0.1, 0.15) is 0 Å². The molecule has 3 nitrogen and oxygen atoms in total. The third-order valence-electron chi connectivity index (χ3n) is 3.58. The largest absolute Gasteiger partial charge is 0.381 e. The first-order chi connectivity index (χ1) is 9.42. The summed E-state index contributed by atoms with van der Waals surface area (Å²) in [5, 5.41) is 3.40. The Kier molecular flexibility index (Phi) is 3.63. The van der Waals surface area contributed by atoms with Gasteiger partial charge in [-0.05, 0) is 42.7 Å². The second kappa shape index (κ2) is 5.74. The molecule has 3 rings (SSSR count). The van der Waals surface area contributed by atoms with E-state index in [2.05, 4.69) is 39.5 Å². The number of nitrogens with zero attached hydrogens (tertiary/aromatic N) is 2. The second-order valence-electron chi connectivity index (χ2n) is 4.95. The topological polar surface area (TPSA) is 28.2 Å². The molecule has 0 unspecified atom stereocenters. The van der Waals surface area contributed by atoms with Gasteiger partial charge in [-0.15, -0.1) is 0 Å². The minimum atomic E-state index is 0.851. The fourth-order valence-electron chi connectivity index (χ4n) is 2.47. The van der Waals surface area contributed by atoms with Crippen molar-refractivity contribution in [3.63, 3.8) is 0 Å². The van der Waals surface area contributed by atoms with Crippen LogP contribution in [0.1, 0.15) is 18.4 Å². The number of benzene rings is 1. The second-order valence-corrected chi connectivity index (χ2v) is 4.95. The van der Waals surface area contributed by atoms with E-state index >= 15 is 0 Å². The predicted molar refractivity (Wildman–Crippen MR) is 79.5 cm³/mol. The smallest absolute Gasteiger partial charge is 0.0400 e. The van der Waals surface area contributed by atoms with Gasteiger partial charge in [0.25, 0.3) is 0 Å². The number of aromatic nitrogens is 1. The third-order valence-corrected chi connectivity index (χ3v) is 3.58. The van der Waals surface area contributed by atoms with Gasteiger partial charge < -0.3 is 10.2 Å². The summed E-state index contributed by atoms with van der Waals surface area (Å²) in [7, 11) is 0. The molecule has 0 spiro atoms. The molecule has 1 N–H and O–H groups in total.